The first-order valence-electron chi connectivity index (χ1n) is 7.69. The molecule has 0 saturated carbocycles. The van der Waals surface area contributed by atoms with Gasteiger partial charge in [-0.15, -0.1) is 0 Å². The maximum absolute atomic E-state index is 12.0. The SMILES string of the molecule is CC(C)Oc1ccccc1NCCC(=O)Nc1cc(Cl)cc(Cl)c1. The van der Waals surface area contributed by atoms with Crippen molar-refractivity contribution >= 4 is 40.5 Å². The lowest BCUT2D eigenvalue weighted by Gasteiger charge is -2.15. The Labute approximate surface area is 152 Å². The molecule has 0 aliphatic rings. The second kappa shape index (κ2) is 8.81. The van der Waals surface area contributed by atoms with Crippen LogP contribution >= 0.6 is 23.2 Å². The number of hydrogen-bond acceptors (Lipinski definition) is 3. The van der Waals surface area contributed by atoms with Gasteiger partial charge in [0.2, 0.25) is 5.91 Å². The molecular formula is C18H20Cl2N2O2. The van der Waals surface area contributed by atoms with Crippen molar-refractivity contribution in [2.45, 2.75) is 26.4 Å². The molecule has 24 heavy (non-hydrogen) atoms. The third-order valence-corrected chi connectivity index (χ3v) is 3.50. The smallest absolute Gasteiger partial charge is 0.226 e. The van der Waals surface area contributed by atoms with Crippen molar-refractivity contribution in [3.8, 4) is 5.75 Å². The standard InChI is InChI=1S/C18H20Cl2N2O2/c1-12(2)24-17-6-4-3-5-16(17)21-8-7-18(23)22-15-10-13(19)9-14(20)11-15/h3-6,9-12,21H,7-8H2,1-2H3,(H,22,23). The molecule has 0 atom stereocenters. The Morgan fingerprint density at radius 2 is 1.79 bits per heavy atom. The lowest BCUT2D eigenvalue weighted by atomic mass is 10.2. The Kier molecular flexibility index (Phi) is 6.76. The fourth-order valence-corrected chi connectivity index (χ4v) is 2.66. The van der Waals surface area contributed by atoms with Crippen molar-refractivity contribution in [3.05, 3.63) is 52.5 Å². The van der Waals surface area contributed by atoms with E-state index < -0.39 is 0 Å². The number of ether oxygens (including phenoxy) is 1. The van der Waals surface area contributed by atoms with E-state index in [-0.39, 0.29) is 12.0 Å². The largest absolute Gasteiger partial charge is 0.489 e. The lowest BCUT2D eigenvalue weighted by molar-refractivity contribution is -0.115. The van der Waals surface area contributed by atoms with E-state index in [1.54, 1.807) is 18.2 Å². The summed E-state index contributed by atoms with van der Waals surface area (Å²) in [5.41, 5.74) is 1.45. The monoisotopic (exact) mass is 366 g/mol. The first kappa shape index (κ1) is 18.4. The molecule has 0 aliphatic carbocycles. The van der Waals surface area contributed by atoms with E-state index in [2.05, 4.69) is 10.6 Å². The number of nitrogens with one attached hydrogen (secondary N) is 2. The van der Waals surface area contributed by atoms with Crippen molar-refractivity contribution in [1.82, 2.24) is 0 Å². The highest BCUT2D eigenvalue weighted by atomic mass is 35.5. The predicted octanol–water partition coefficient (Wildman–Crippen LogP) is 5.22. The van der Waals surface area contributed by atoms with Gasteiger partial charge >= 0.3 is 0 Å². The minimum atomic E-state index is -0.122. The average molecular weight is 367 g/mol. The van der Waals surface area contributed by atoms with E-state index in [0.29, 0.717) is 28.7 Å². The van der Waals surface area contributed by atoms with E-state index in [0.717, 1.165) is 11.4 Å². The highest BCUT2D eigenvalue weighted by Gasteiger charge is 2.07. The molecule has 1 amide bonds. The van der Waals surface area contributed by atoms with Crippen LogP contribution in [-0.2, 0) is 4.79 Å². The van der Waals surface area contributed by atoms with E-state index in [9.17, 15) is 4.79 Å². The summed E-state index contributed by atoms with van der Waals surface area (Å²) < 4.78 is 5.73. The molecule has 0 spiro atoms. The van der Waals surface area contributed by atoms with Gasteiger partial charge in [0, 0.05) is 28.7 Å². The summed E-state index contributed by atoms with van der Waals surface area (Å²) in [6.45, 7) is 4.43. The highest BCUT2D eigenvalue weighted by Crippen LogP contribution is 2.25. The fourth-order valence-electron chi connectivity index (χ4n) is 2.13. The Morgan fingerprint density at radius 3 is 2.46 bits per heavy atom. The molecule has 0 bridgehead atoms. The van der Waals surface area contributed by atoms with Crippen LogP contribution in [0, 0.1) is 0 Å². The summed E-state index contributed by atoms with van der Waals surface area (Å²) in [4.78, 5) is 12.0. The molecule has 2 rings (SSSR count). The summed E-state index contributed by atoms with van der Waals surface area (Å²) in [5, 5.41) is 6.96. The van der Waals surface area contributed by atoms with Crippen LogP contribution < -0.4 is 15.4 Å². The average Bonchev–Trinajstić information content (AvgIpc) is 2.47. The molecule has 0 aromatic heterocycles. The maximum Gasteiger partial charge on any atom is 0.226 e. The summed E-state index contributed by atoms with van der Waals surface area (Å²) in [6.07, 6.45) is 0.393. The molecule has 4 nitrogen and oxygen atoms in total. The van der Waals surface area contributed by atoms with Crippen molar-refractivity contribution in [2.75, 3.05) is 17.2 Å². The molecular weight excluding hydrogens is 347 g/mol. The number of rotatable bonds is 7. The van der Waals surface area contributed by atoms with Crippen LogP contribution in [0.3, 0.4) is 0 Å². The first-order chi connectivity index (χ1) is 11.4. The van der Waals surface area contributed by atoms with Crippen molar-refractivity contribution in [3.63, 3.8) is 0 Å². The zero-order valence-electron chi connectivity index (χ0n) is 13.6. The maximum atomic E-state index is 12.0. The molecule has 0 fully saturated rings. The molecule has 6 heteroatoms. The number of hydrogen-bond donors (Lipinski definition) is 2. The van der Waals surface area contributed by atoms with E-state index in [1.165, 1.54) is 0 Å². The molecule has 2 aromatic carbocycles. The van der Waals surface area contributed by atoms with Crippen LogP contribution in [0.1, 0.15) is 20.3 Å². The normalized spacial score (nSPS) is 10.5. The fraction of sp³-hybridized carbons (Fsp3) is 0.278. The Balaban J connectivity index is 1.87. The van der Waals surface area contributed by atoms with Gasteiger partial charge in [0.05, 0.1) is 11.8 Å². The van der Waals surface area contributed by atoms with Crippen LogP contribution in [0.5, 0.6) is 5.75 Å². The van der Waals surface area contributed by atoms with Gasteiger partial charge in [0.25, 0.3) is 0 Å². The molecule has 0 unspecified atom stereocenters. The quantitative estimate of drug-likeness (QED) is 0.705. The number of halogens is 2. The summed E-state index contributed by atoms with van der Waals surface area (Å²) in [6, 6.07) is 12.6. The molecule has 2 aromatic rings. The number of para-hydroxylation sites is 2. The number of carbonyl (C=O) groups excluding carboxylic acids is 1. The summed E-state index contributed by atoms with van der Waals surface area (Å²) in [7, 11) is 0. The molecule has 2 N–H and O–H groups in total. The topological polar surface area (TPSA) is 50.4 Å². The van der Waals surface area contributed by atoms with E-state index in [1.807, 2.05) is 38.1 Å². The van der Waals surface area contributed by atoms with Gasteiger partial charge in [-0.25, -0.2) is 0 Å². The van der Waals surface area contributed by atoms with Crippen molar-refractivity contribution in [2.24, 2.45) is 0 Å². The van der Waals surface area contributed by atoms with Gasteiger partial charge < -0.3 is 15.4 Å². The second-order valence-electron chi connectivity index (χ2n) is 5.55. The summed E-state index contributed by atoms with van der Waals surface area (Å²) >= 11 is 11.8. The van der Waals surface area contributed by atoms with Crippen LogP contribution in [0.15, 0.2) is 42.5 Å². The Bertz CT molecular complexity index is 685. The Morgan fingerprint density at radius 1 is 1.12 bits per heavy atom. The zero-order valence-corrected chi connectivity index (χ0v) is 15.1. The molecule has 0 heterocycles. The minimum Gasteiger partial charge on any atom is -0.489 e. The van der Waals surface area contributed by atoms with E-state index in [4.69, 9.17) is 27.9 Å². The third kappa shape index (κ3) is 5.95. The third-order valence-electron chi connectivity index (χ3n) is 3.06. The van der Waals surface area contributed by atoms with Gasteiger partial charge in [-0.2, -0.15) is 0 Å². The second-order valence-corrected chi connectivity index (χ2v) is 6.42. The van der Waals surface area contributed by atoms with Crippen LogP contribution in [0.2, 0.25) is 10.0 Å². The molecule has 128 valence electrons. The van der Waals surface area contributed by atoms with Gasteiger partial charge in [-0.05, 0) is 44.2 Å². The predicted molar refractivity (Wildman–Crippen MR) is 100 cm³/mol. The minimum absolute atomic E-state index is 0.0869. The molecule has 0 radical (unpaired) electrons. The zero-order chi connectivity index (χ0) is 17.5. The van der Waals surface area contributed by atoms with Crippen LogP contribution in [-0.4, -0.2) is 18.6 Å². The van der Waals surface area contributed by atoms with Gasteiger partial charge in [-0.1, -0.05) is 35.3 Å². The number of anilines is 2. The van der Waals surface area contributed by atoms with Crippen LogP contribution in [0.4, 0.5) is 11.4 Å². The van der Waals surface area contributed by atoms with Crippen molar-refractivity contribution in [1.29, 1.82) is 0 Å². The van der Waals surface area contributed by atoms with Crippen molar-refractivity contribution < 1.29 is 9.53 Å². The molecule has 0 aliphatic heterocycles. The Hall–Kier alpha value is -1.91. The van der Waals surface area contributed by atoms with E-state index >= 15 is 0 Å². The first-order valence-corrected chi connectivity index (χ1v) is 8.45. The number of amides is 1. The van der Waals surface area contributed by atoms with Gasteiger partial charge in [0.15, 0.2) is 0 Å². The molecule has 0 saturated heterocycles. The lowest BCUT2D eigenvalue weighted by Crippen LogP contribution is -2.17. The number of carbonyl (C=O) groups is 1. The van der Waals surface area contributed by atoms with Gasteiger partial charge in [-0.3, -0.25) is 4.79 Å². The highest BCUT2D eigenvalue weighted by molar-refractivity contribution is 6.35. The number of benzene rings is 2. The van der Waals surface area contributed by atoms with Gasteiger partial charge in [0.1, 0.15) is 5.75 Å². The van der Waals surface area contributed by atoms with Crippen LogP contribution in [0.25, 0.3) is 0 Å². The summed E-state index contributed by atoms with van der Waals surface area (Å²) in [5.74, 6) is 0.651.